The lowest BCUT2D eigenvalue weighted by atomic mass is 10.1. The Balaban J connectivity index is 3.17. The van der Waals surface area contributed by atoms with Crippen LogP contribution in [0.15, 0.2) is 0 Å². The van der Waals surface area contributed by atoms with E-state index in [0.29, 0.717) is 32.1 Å². The lowest BCUT2D eigenvalue weighted by molar-refractivity contribution is -0.122. The Morgan fingerprint density at radius 1 is 1.27 bits per heavy atom. The lowest BCUT2D eigenvalue weighted by Gasteiger charge is -2.07. The first-order valence-electron chi connectivity index (χ1n) is 5.50. The minimum absolute atomic E-state index is 0.0246. The van der Waals surface area contributed by atoms with Gasteiger partial charge in [0.25, 0.3) is 0 Å². The molecular formula is C11H23NO3. The summed E-state index contributed by atoms with van der Waals surface area (Å²) in [6, 6.07) is 0. The van der Waals surface area contributed by atoms with Gasteiger partial charge in [-0.3, -0.25) is 4.79 Å². The van der Waals surface area contributed by atoms with Crippen LogP contribution in [0.25, 0.3) is 0 Å². The number of hydrogen-bond donors (Lipinski definition) is 1. The van der Waals surface area contributed by atoms with Crippen LogP contribution in [-0.2, 0) is 14.3 Å². The number of nitrogens with one attached hydrogen (secondary N) is 1. The summed E-state index contributed by atoms with van der Waals surface area (Å²) in [5, 5.41) is 2.74. The summed E-state index contributed by atoms with van der Waals surface area (Å²) in [7, 11) is 1.61. The van der Waals surface area contributed by atoms with Crippen molar-refractivity contribution in [2.24, 2.45) is 5.92 Å². The topological polar surface area (TPSA) is 47.6 Å². The predicted octanol–water partition coefficient (Wildman–Crippen LogP) is 1.20. The van der Waals surface area contributed by atoms with Crippen LogP contribution in [-0.4, -0.2) is 39.4 Å². The van der Waals surface area contributed by atoms with Crippen LogP contribution >= 0.6 is 0 Å². The Morgan fingerprint density at radius 2 is 2.00 bits per heavy atom. The second kappa shape index (κ2) is 9.93. The zero-order chi connectivity index (χ0) is 11.5. The molecule has 0 fully saturated rings. The van der Waals surface area contributed by atoms with Crippen molar-refractivity contribution in [2.75, 3.05) is 33.5 Å². The van der Waals surface area contributed by atoms with Gasteiger partial charge in [0.05, 0.1) is 13.2 Å². The van der Waals surface area contributed by atoms with Crippen molar-refractivity contribution in [3.8, 4) is 0 Å². The van der Waals surface area contributed by atoms with Gasteiger partial charge in [-0.1, -0.05) is 13.8 Å². The number of ether oxygens (including phenoxy) is 2. The third-order valence-corrected chi connectivity index (χ3v) is 1.94. The van der Waals surface area contributed by atoms with Crippen LogP contribution in [0.5, 0.6) is 0 Å². The number of rotatable bonds is 9. The highest BCUT2D eigenvalue weighted by Crippen LogP contribution is 1.98. The molecule has 1 amide bonds. The highest BCUT2D eigenvalue weighted by molar-refractivity contribution is 5.75. The monoisotopic (exact) mass is 217 g/mol. The third-order valence-electron chi connectivity index (χ3n) is 1.94. The molecule has 0 heterocycles. The summed E-state index contributed by atoms with van der Waals surface area (Å²) in [5.41, 5.74) is 0. The summed E-state index contributed by atoms with van der Waals surface area (Å²) in [6.07, 6.45) is 1.48. The quantitative estimate of drug-likeness (QED) is 0.590. The first-order chi connectivity index (χ1) is 7.16. The van der Waals surface area contributed by atoms with E-state index in [0.717, 1.165) is 13.0 Å². The van der Waals surface area contributed by atoms with Crippen molar-refractivity contribution in [2.45, 2.75) is 26.7 Å². The molecule has 15 heavy (non-hydrogen) atoms. The predicted molar refractivity (Wildman–Crippen MR) is 59.8 cm³/mol. The maximum Gasteiger partial charge on any atom is 0.222 e. The molecular weight excluding hydrogens is 194 g/mol. The van der Waals surface area contributed by atoms with Crippen LogP contribution in [0, 0.1) is 5.92 Å². The highest BCUT2D eigenvalue weighted by Gasteiger charge is 2.00. The smallest absolute Gasteiger partial charge is 0.222 e. The summed E-state index contributed by atoms with van der Waals surface area (Å²) in [4.78, 5) is 11.2. The SMILES string of the molecule is COCCNC(=O)CCOCCC(C)C. The third kappa shape index (κ3) is 11.3. The second-order valence-corrected chi connectivity index (χ2v) is 3.89. The average molecular weight is 217 g/mol. The molecule has 0 aromatic carbocycles. The zero-order valence-corrected chi connectivity index (χ0v) is 10.0. The lowest BCUT2D eigenvalue weighted by Crippen LogP contribution is -2.27. The number of methoxy groups -OCH3 is 1. The van der Waals surface area contributed by atoms with E-state index in [-0.39, 0.29) is 5.91 Å². The molecule has 0 bridgehead atoms. The Labute approximate surface area is 92.3 Å². The highest BCUT2D eigenvalue weighted by atomic mass is 16.5. The van der Waals surface area contributed by atoms with E-state index in [1.165, 1.54) is 0 Å². The van der Waals surface area contributed by atoms with Crippen LogP contribution in [0.2, 0.25) is 0 Å². The van der Waals surface area contributed by atoms with E-state index < -0.39 is 0 Å². The maximum atomic E-state index is 11.2. The first kappa shape index (κ1) is 14.4. The van der Waals surface area contributed by atoms with Crippen molar-refractivity contribution in [3.05, 3.63) is 0 Å². The number of carbonyl (C=O) groups excluding carboxylic acids is 1. The van der Waals surface area contributed by atoms with Crippen molar-refractivity contribution in [3.63, 3.8) is 0 Å². The summed E-state index contributed by atoms with van der Waals surface area (Å²) in [6.45, 7) is 6.68. The summed E-state index contributed by atoms with van der Waals surface area (Å²) in [5.74, 6) is 0.678. The number of amides is 1. The van der Waals surface area contributed by atoms with Gasteiger partial charge in [0.15, 0.2) is 0 Å². The minimum Gasteiger partial charge on any atom is -0.383 e. The fourth-order valence-corrected chi connectivity index (χ4v) is 0.967. The molecule has 0 saturated heterocycles. The van der Waals surface area contributed by atoms with Crippen molar-refractivity contribution < 1.29 is 14.3 Å². The molecule has 4 nitrogen and oxygen atoms in total. The van der Waals surface area contributed by atoms with Crippen LogP contribution < -0.4 is 5.32 Å². The Hall–Kier alpha value is -0.610. The van der Waals surface area contributed by atoms with E-state index in [1.54, 1.807) is 7.11 Å². The Bertz CT molecular complexity index is 160. The second-order valence-electron chi connectivity index (χ2n) is 3.89. The molecule has 4 heteroatoms. The van der Waals surface area contributed by atoms with Crippen LogP contribution in [0.3, 0.4) is 0 Å². The van der Waals surface area contributed by atoms with Gasteiger partial charge in [0, 0.05) is 26.7 Å². The normalized spacial score (nSPS) is 10.7. The summed E-state index contributed by atoms with van der Waals surface area (Å²) < 4.78 is 10.1. The molecule has 0 radical (unpaired) electrons. The molecule has 0 atom stereocenters. The Morgan fingerprint density at radius 3 is 2.60 bits per heavy atom. The van der Waals surface area contributed by atoms with E-state index in [1.807, 2.05) is 0 Å². The molecule has 0 unspecified atom stereocenters. The average Bonchev–Trinajstić information content (AvgIpc) is 2.17. The Kier molecular flexibility index (Phi) is 9.52. The maximum absolute atomic E-state index is 11.2. The molecule has 0 saturated carbocycles. The van der Waals surface area contributed by atoms with E-state index in [2.05, 4.69) is 19.2 Å². The van der Waals surface area contributed by atoms with Crippen molar-refractivity contribution in [1.29, 1.82) is 0 Å². The van der Waals surface area contributed by atoms with Crippen molar-refractivity contribution in [1.82, 2.24) is 5.32 Å². The van der Waals surface area contributed by atoms with Gasteiger partial charge < -0.3 is 14.8 Å². The molecule has 0 aliphatic carbocycles. The fourth-order valence-electron chi connectivity index (χ4n) is 0.967. The van der Waals surface area contributed by atoms with Gasteiger partial charge >= 0.3 is 0 Å². The van der Waals surface area contributed by atoms with Gasteiger partial charge in [0.1, 0.15) is 0 Å². The minimum atomic E-state index is 0.0246. The number of hydrogen-bond acceptors (Lipinski definition) is 3. The van der Waals surface area contributed by atoms with Gasteiger partial charge in [0.2, 0.25) is 5.91 Å². The largest absolute Gasteiger partial charge is 0.383 e. The van der Waals surface area contributed by atoms with Gasteiger partial charge in [-0.15, -0.1) is 0 Å². The van der Waals surface area contributed by atoms with E-state index in [9.17, 15) is 4.79 Å². The van der Waals surface area contributed by atoms with Gasteiger partial charge in [-0.05, 0) is 12.3 Å². The molecule has 0 aliphatic heterocycles. The fraction of sp³-hybridized carbons (Fsp3) is 0.909. The molecule has 0 aromatic heterocycles. The van der Waals surface area contributed by atoms with Crippen LogP contribution in [0.4, 0.5) is 0 Å². The molecule has 1 N–H and O–H groups in total. The zero-order valence-electron chi connectivity index (χ0n) is 10.0. The molecule has 0 aliphatic rings. The molecule has 90 valence electrons. The van der Waals surface area contributed by atoms with Gasteiger partial charge in [-0.25, -0.2) is 0 Å². The van der Waals surface area contributed by atoms with E-state index >= 15 is 0 Å². The molecule has 0 aromatic rings. The van der Waals surface area contributed by atoms with Crippen molar-refractivity contribution >= 4 is 5.91 Å². The van der Waals surface area contributed by atoms with Crippen LogP contribution in [0.1, 0.15) is 26.7 Å². The van der Waals surface area contributed by atoms with E-state index in [4.69, 9.17) is 9.47 Å². The summed E-state index contributed by atoms with van der Waals surface area (Å²) >= 11 is 0. The standard InChI is InChI=1S/C11H23NO3/c1-10(2)4-7-15-8-5-11(13)12-6-9-14-3/h10H,4-9H2,1-3H3,(H,12,13). The molecule has 0 rings (SSSR count). The first-order valence-corrected chi connectivity index (χ1v) is 5.50. The number of carbonyl (C=O) groups is 1. The van der Waals surface area contributed by atoms with Gasteiger partial charge in [-0.2, -0.15) is 0 Å². The molecule has 0 spiro atoms.